The van der Waals surface area contributed by atoms with Crippen LogP contribution in [0.3, 0.4) is 0 Å². The second kappa shape index (κ2) is 9.34. The molecule has 2 aromatic carbocycles. The average molecular weight is 428 g/mol. The van der Waals surface area contributed by atoms with Crippen LogP contribution in [0.2, 0.25) is 0 Å². The number of hydrogen-bond donors (Lipinski definition) is 2. The Hall–Kier alpha value is -4.13. The number of fused-ring (bicyclic) bond motifs is 1. The first-order valence-corrected chi connectivity index (χ1v) is 10.4. The zero-order chi connectivity index (χ0) is 22.5. The molecule has 0 aliphatic carbocycles. The van der Waals surface area contributed by atoms with Gasteiger partial charge in [0, 0.05) is 47.2 Å². The van der Waals surface area contributed by atoms with Crippen molar-refractivity contribution in [3.63, 3.8) is 0 Å². The molecule has 32 heavy (non-hydrogen) atoms. The van der Waals surface area contributed by atoms with Crippen LogP contribution in [0.1, 0.15) is 31.2 Å². The maximum absolute atomic E-state index is 12.5. The zero-order valence-electron chi connectivity index (χ0n) is 17.9. The maximum atomic E-state index is 12.5. The SMILES string of the molecule is CCc1oc2ccccc2c1/C=C/C(=O)Nc1cccc(NC(=O)C(C)n2cccn2)c1. The van der Waals surface area contributed by atoms with Crippen molar-refractivity contribution in [1.82, 2.24) is 9.78 Å². The molecule has 0 fully saturated rings. The van der Waals surface area contributed by atoms with Gasteiger partial charge in [-0.05, 0) is 43.3 Å². The van der Waals surface area contributed by atoms with Gasteiger partial charge in [-0.2, -0.15) is 5.10 Å². The summed E-state index contributed by atoms with van der Waals surface area (Å²) in [6.07, 6.45) is 7.36. The molecule has 0 radical (unpaired) electrons. The summed E-state index contributed by atoms with van der Waals surface area (Å²) >= 11 is 0. The summed E-state index contributed by atoms with van der Waals surface area (Å²) in [6, 6.07) is 16.1. The van der Waals surface area contributed by atoms with Crippen LogP contribution in [0.4, 0.5) is 11.4 Å². The van der Waals surface area contributed by atoms with Gasteiger partial charge in [0.25, 0.3) is 0 Å². The molecule has 0 saturated heterocycles. The molecule has 0 aliphatic rings. The summed E-state index contributed by atoms with van der Waals surface area (Å²) in [4.78, 5) is 25.0. The van der Waals surface area contributed by atoms with Crippen LogP contribution >= 0.6 is 0 Å². The van der Waals surface area contributed by atoms with Crippen molar-refractivity contribution in [3.8, 4) is 0 Å². The molecular weight excluding hydrogens is 404 g/mol. The van der Waals surface area contributed by atoms with E-state index in [1.54, 1.807) is 60.4 Å². The highest BCUT2D eigenvalue weighted by molar-refractivity contribution is 6.04. The predicted octanol–water partition coefficient (Wildman–Crippen LogP) is 5.04. The van der Waals surface area contributed by atoms with Crippen LogP contribution in [-0.4, -0.2) is 21.6 Å². The predicted molar refractivity (Wildman–Crippen MR) is 125 cm³/mol. The number of rotatable bonds is 7. The first-order chi connectivity index (χ1) is 15.5. The number of nitrogens with one attached hydrogen (secondary N) is 2. The molecule has 0 aliphatic heterocycles. The lowest BCUT2D eigenvalue weighted by Crippen LogP contribution is -2.24. The molecule has 2 amide bonds. The van der Waals surface area contributed by atoms with E-state index in [1.165, 1.54) is 6.08 Å². The van der Waals surface area contributed by atoms with E-state index in [0.29, 0.717) is 11.4 Å². The Balaban J connectivity index is 1.44. The van der Waals surface area contributed by atoms with Gasteiger partial charge in [0.05, 0.1) is 0 Å². The third-order valence-corrected chi connectivity index (χ3v) is 5.13. The van der Waals surface area contributed by atoms with E-state index in [9.17, 15) is 9.59 Å². The topological polar surface area (TPSA) is 89.2 Å². The third kappa shape index (κ3) is 4.62. The molecule has 7 heteroatoms. The van der Waals surface area contributed by atoms with E-state index in [-0.39, 0.29) is 11.8 Å². The van der Waals surface area contributed by atoms with Crippen molar-refractivity contribution in [2.45, 2.75) is 26.3 Å². The Labute approximate surface area is 185 Å². The molecule has 1 atom stereocenters. The monoisotopic (exact) mass is 428 g/mol. The number of benzene rings is 2. The van der Waals surface area contributed by atoms with Crippen molar-refractivity contribution >= 4 is 40.2 Å². The lowest BCUT2D eigenvalue weighted by molar-refractivity contribution is -0.119. The minimum atomic E-state index is -0.455. The summed E-state index contributed by atoms with van der Waals surface area (Å²) in [5.74, 6) is 0.369. The van der Waals surface area contributed by atoms with Gasteiger partial charge in [-0.15, -0.1) is 0 Å². The maximum Gasteiger partial charge on any atom is 0.248 e. The fourth-order valence-electron chi connectivity index (χ4n) is 3.46. The summed E-state index contributed by atoms with van der Waals surface area (Å²) in [6.45, 7) is 3.78. The molecule has 0 spiro atoms. The number of aryl methyl sites for hydroxylation is 1. The zero-order valence-corrected chi connectivity index (χ0v) is 17.9. The summed E-state index contributed by atoms with van der Waals surface area (Å²) in [5.41, 5.74) is 2.88. The molecule has 0 saturated carbocycles. The lowest BCUT2D eigenvalue weighted by Gasteiger charge is -2.13. The van der Waals surface area contributed by atoms with Gasteiger partial charge >= 0.3 is 0 Å². The molecule has 162 valence electrons. The van der Waals surface area contributed by atoms with E-state index in [2.05, 4.69) is 15.7 Å². The highest BCUT2D eigenvalue weighted by atomic mass is 16.3. The lowest BCUT2D eigenvalue weighted by atomic mass is 10.1. The number of carbonyl (C=O) groups excluding carboxylic acids is 2. The largest absolute Gasteiger partial charge is 0.460 e. The van der Waals surface area contributed by atoms with Crippen LogP contribution in [-0.2, 0) is 16.0 Å². The summed E-state index contributed by atoms with van der Waals surface area (Å²) in [7, 11) is 0. The summed E-state index contributed by atoms with van der Waals surface area (Å²) in [5, 5.41) is 10.8. The fraction of sp³-hybridized carbons (Fsp3) is 0.160. The van der Waals surface area contributed by atoms with Gasteiger partial charge < -0.3 is 15.1 Å². The highest BCUT2D eigenvalue weighted by Gasteiger charge is 2.15. The van der Waals surface area contributed by atoms with Gasteiger partial charge in [-0.25, -0.2) is 0 Å². The van der Waals surface area contributed by atoms with Gasteiger partial charge in [-0.3, -0.25) is 14.3 Å². The number of aromatic nitrogens is 2. The minimum absolute atomic E-state index is 0.198. The van der Waals surface area contributed by atoms with E-state index in [4.69, 9.17) is 4.42 Å². The van der Waals surface area contributed by atoms with E-state index >= 15 is 0 Å². The Morgan fingerprint density at radius 1 is 1.09 bits per heavy atom. The number of amides is 2. The smallest absolute Gasteiger partial charge is 0.248 e. The van der Waals surface area contributed by atoms with Gasteiger partial charge in [0.1, 0.15) is 17.4 Å². The van der Waals surface area contributed by atoms with Crippen molar-refractivity contribution < 1.29 is 14.0 Å². The van der Waals surface area contributed by atoms with Crippen molar-refractivity contribution in [2.24, 2.45) is 0 Å². The first-order valence-electron chi connectivity index (χ1n) is 10.4. The Morgan fingerprint density at radius 3 is 2.62 bits per heavy atom. The van der Waals surface area contributed by atoms with Crippen LogP contribution in [0.25, 0.3) is 17.0 Å². The number of nitrogens with zero attached hydrogens (tertiary/aromatic N) is 2. The van der Waals surface area contributed by atoms with E-state index < -0.39 is 6.04 Å². The number of carbonyl (C=O) groups is 2. The third-order valence-electron chi connectivity index (χ3n) is 5.13. The van der Waals surface area contributed by atoms with Crippen LogP contribution in [0, 0.1) is 0 Å². The van der Waals surface area contributed by atoms with Gasteiger partial charge in [-0.1, -0.05) is 31.2 Å². The molecule has 2 N–H and O–H groups in total. The normalized spacial score (nSPS) is 12.2. The Morgan fingerprint density at radius 2 is 1.88 bits per heavy atom. The van der Waals surface area contributed by atoms with E-state index in [1.807, 2.05) is 31.2 Å². The molecule has 2 heterocycles. The Bertz CT molecular complexity index is 1270. The first kappa shape index (κ1) is 21.1. The second-order valence-corrected chi connectivity index (χ2v) is 7.34. The van der Waals surface area contributed by atoms with Crippen LogP contribution in [0.5, 0.6) is 0 Å². The van der Waals surface area contributed by atoms with Gasteiger partial charge in [0.15, 0.2) is 0 Å². The number of para-hydroxylation sites is 1. The molecule has 4 aromatic rings. The highest BCUT2D eigenvalue weighted by Crippen LogP contribution is 2.27. The minimum Gasteiger partial charge on any atom is -0.460 e. The molecule has 1 unspecified atom stereocenters. The molecule has 7 nitrogen and oxygen atoms in total. The van der Waals surface area contributed by atoms with Crippen LogP contribution < -0.4 is 10.6 Å². The van der Waals surface area contributed by atoms with Gasteiger partial charge in [0.2, 0.25) is 11.8 Å². The Kier molecular flexibility index (Phi) is 6.17. The average Bonchev–Trinajstić information content (AvgIpc) is 3.45. The molecular formula is C25H24N4O3. The molecule has 4 rings (SSSR count). The molecule has 0 bridgehead atoms. The van der Waals surface area contributed by atoms with Crippen LogP contribution in [0.15, 0.2) is 77.5 Å². The van der Waals surface area contributed by atoms with E-state index in [0.717, 1.165) is 28.7 Å². The van der Waals surface area contributed by atoms with Crippen molar-refractivity contribution in [1.29, 1.82) is 0 Å². The van der Waals surface area contributed by atoms with Crippen molar-refractivity contribution in [3.05, 3.63) is 84.4 Å². The molecule has 2 aromatic heterocycles. The number of anilines is 2. The fourth-order valence-corrected chi connectivity index (χ4v) is 3.46. The quantitative estimate of drug-likeness (QED) is 0.404. The second-order valence-electron chi connectivity index (χ2n) is 7.34. The standard InChI is InChI=1S/C25H24N4O3/c1-3-22-21(20-10-4-5-11-23(20)32-22)12-13-24(30)27-18-8-6-9-19(16-18)28-25(31)17(2)29-15-7-14-26-29/h4-17H,3H2,1-2H3,(H,27,30)(H,28,31)/b13-12+. The number of furan rings is 1. The summed E-state index contributed by atoms with van der Waals surface area (Å²) < 4.78 is 7.45. The number of hydrogen-bond acceptors (Lipinski definition) is 4. The van der Waals surface area contributed by atoms with Crippen molar-refractivity contribution in [2.75, 3.05) is 10.6 Å².